The molecular formula is C18H14ClN3O4. The lowest BCUT2D eigenvalue weighted by Crippen LogP contribution is -2.08. The molecule has 0 saturated carbocycles. The molecule has 26 heavy (non-hydrogen) atoms. The molecule has 1 N–H and O–H groups in total. The van der Waals surface area contributed by atoms with Crippen molar-refractivity contribution in [3.05, 3.63) is 64.8 Å². The van der Waals surface area contributed by atoms with Gasteiger partial charge in [0.05, 0.1) is 12.2 Å². The van der Waals surface area contributed by atoms with Crippen LogP contribution in [0.3, 0.4) is 0 Å². The van der Waals surface area contributed by atoms with Crippen molar-refractivity contribution in [3.63, 3.8) is 0 Å². The molecule has 0 bridgehead atoms. The number of H-pyrrole nitrogens is 1. The Balaban J connectivity index is 1.83. The Labute approximate surface area is 153 Å². The average molecular weight is 372 g/mol. The van der Waals surface area contributed by atoms with Crippen molar-refractivity contribution in [3.8, 4) is 17.0 Å². The average Bonchev–Trinajstić information content (AvgIpc) is 3.12. The number of nitrogens with one attached hydrogen (secondary N) is 1. The predicted octanol–water partition coefficient (Wildman–Crippen LogP) is 3.52. The Hall–Kier alpha value is -3.19. The molecule has 0 aliphatic heterocycles. The second-order valence-corrected chi connectivity index (χ2v) is 5.60. The number of aromatic nitrogens is 3. The summed E-state index contributed by atoms with van der Waals surface area (Å²) in [5.74, 6) is -0.801. The van der Waals surface area contributed by atoms with Crippen molar-refractivity contribution in [2.45, 2.75) is 6.92 Å². The molecule has 0 aliphatic rings. The first-order valence-electron chi connectivity index (χ1n) is 7.74. The lowest BCUT2D eigenvalue weighted by atomic mass is 10.1. The lowest BCUT2D eigenvalue weighted by Gasteiger charge is -2.06. The predicted molar refractivity (Wildman–Crippen MR) is 94.2 cm³/mol. The lowest BCUT2D eigenvalue weighted by molar-refractivity contribution is 0.0520. The smallest absolute Gasteiger partial charge is 0.361 e. The van der Waals surface area contributed by atoms with Gasteiger partial charge in [0, 0.05) is 10.6 Å². The first-order chi connectivity index (χ1) is 12.6. The monoisotopic (exact) mass is 371 g/mol. The fourth-order valence-corrected chi connectivity index (χ4v) is 2.36. The van der Waals surface area contributed by atoms with Gasteiger partial charge in [-0.1, -0.05) is 23.7 Å². The highest BCUT2D eigenvalue weighted by Gasteiger charge is 2.19. The number of halogens is 1. The van der Waals surface area contributed by atoms with Crippen LogP contribution in [0.4, 0.5) is 0 Å². The largest absolute Gasteiger partial charge is 0.461 e. The standard InChI is InChI=1S/C18H14ClN3O4/c1-2-25-18(24)16-15(20-22-21-16)12-4-3-5-14(10-12)26-17(23)11-6-8-13(19)9-7-11/h3-10H,2H2,1H3,(H,20,21,22). The summed E-state index contributed by atoms with van der Waals surface area (Å²) in [6, 6.07) is 13.0. The summed E-state index contributed by atoms with van der Waals surface area (Å²) >= 11 is 5.81. The summed E-state index contributed by atoms with van der Waals surface area (Å²) in [5, 5.41) is 10.7. The zero-order valence-corrected chi connectivity index (χ0v) is 14.5. The summed E-state index contributed by atoms with van der Waals surface area (Å²) in [7, 11) is 0. The highest BCUT2D eigenvalue weighted by atomic mass is 35.5. The molecule has 8 heteroatoms. The minimum Gasteiger partial charge on any atom is -0.461 e. The van der Waals surface area contributed by atoms with Gasteiger partial charge in [-0.05, 0) is 43.3 Å². The molecular weight excluding hydrogens is 358 g/mol. The van der Waals surface area contributed by atoms with Crippen LogP contribution in [0.1, 0.15) is 27.8 Å². The van der Waals surface area contributed by atoms with Crippen molar-refractivity contribution in [2.24, 2.45) is 0 Å². The number of hydrogen-bond acceptors (Lipinski definition) is 6. The van der Waals surface area contributed by atoms with E-state index in [1.54, 1.807) is 55.5 Å². The van der Waals surface area contributed by atoms with Crippen molar-refractivity contribution < 1.29 is 19.1 Å². The summed E-state index contributed by atoms with van der Waals surface area (Å²) < 4.78 is 10.3. The van der Waals surface area contributed by atoms with Crippen LogP contribution in [0.2, 0.25) is 5.02 Å². The van der Waals surface area contributed by atoms with E-state index >= 15 is 0 Å². The van der Waals surface area contributed by atoms with E-state index in [9.17, 15) is 9.59 Å². The van der Waals surface area contributed by atoms with Crippen LogP contribution in [-0.2, 0) is 4.74 Å². The highest BCUT2D eigenvalue weighted by Crippen LogP contribution is 2.25. The van der Waals surface area contributed by atoms with Gasteiger partial charge in [-0.25, -0.2) is 9.59 Å². The van der Waals surface area contributed by atoms with Gasteiger partial charge >= 0.3 is 11.9 Å². The molecule has 0 aliphatic carbocycles. The van der Waals surface area contributed by atoms with E-state index in [0.717, 1.165) is 0 Å². The van der Waals surface area contributed by atoms with Gasteiger partial charge in [0.25, 0.3) is 0 Å². The number of benzene rings is 2. The molecule has 1 heterocycles. The Bertz CT molecular complexity index is 938. The van der Waals surface area contributed by atoms with Gasteiger partial charge in [0.15, 0.2) is 5.69 Å². The second kappa shape index (κ2) is 7.79. The first kappa shape index (κ1) is 17.6. The third kappa shape index (κ3) is 3.89. The molecule has 3 rings (SSSR count). The number of carbonyl (C=O) groups is 2. The molecule has 7 nitrogen and oxygen atoms in total. The quantitative estimate of drug-likeness (QED) is 0.544. The molecule has 0 atom stereocenters. The third-order valence-corrected chi connectivity index (χ3v) is 3.67. The number of aromatic amines is 1. The fraction of sp³-hybridized carbons (Fsp3) is 0.111. The third-order valence-electron chi connectivity index (χ3n) is 3.41. The number of rotatable bonds is 5. The van der Waals surface area contributed by atoms with E-state index in [4.69, 9.17) is 21.1 Å². The molecule has 0 unspecified atom stereocenters. The molecule has 0 fully saturated rings. The van der Waals surface area contributed by atoms with Crippen molar-refractivity contribution in [1.82, 2.24) is 15.4 Å². The molecule has 0 amide bonds. The SMILES string of the molecule is CCOC(=O)c1n[nH]nc1-c1cccc(OC(=O)c2ccc(Cl)cc2)c1. The minimum absolute atomic E-state index is 0.0630. The van der Waals surface area contributed by atoms with Gasteiger partial charge in [0.1, 0.15) is 11.4 Å². The topological polar surface area (TPSA) is 94.2 Å². The van der Waals surface area contributed by atoms with E-state index in [0.29, 0.717) is 27.6 Å². The van der Waals surface area contributed by atoms with Gasteiger partial charge in [0.2, 0.25) is 0 Å². The Morgan fingerprint density at radius 3 is 2.58 bits per heavy atom. The number of carbonyl (C=O) groups excluding carboxylic acids is 2. The van der Waals surface area contributed by atoms with E-state index < -0.39 is 11.9 Å². The van der Waals surface area contributed by atoms with E-state index in [2.05, 4.69) is 15.4 Å². The number of ether oxygens (including phenoxy) is 2. The van der Waals surface area contributed by atoms with Crippen LogP contribution in [0.15, 0.2) is 48.5 Å². The molecule has 2 aromatic carbocycles. The minimum atomic E-state index is -0.584. The molecule has 0 spiro atoms. The van der Waals surface area contributed by atoms with E-state index in [-0.39, 0.29) is 12.3 Å². The van der Waals surface area contributed by atoms with Crippen molar-refractivity contribution in [1.29, 1.82) is 0 Å². The van der Waals surface area contributed by atoms with E-state index in [1.165, 1.54) is 0 Å². The number of nitrogens with zero attached hydrogens (tertiary/aromatic N) is 2. The second-order valence-electron chi connectivity index (χ2n) is 5.17. The Morgan fingerprint density at radius 2 is 1.85 bits per heavy atom. The number of esters is 2. The summed E-state index contributed by atoms with van der Waals surface area (Å²) in [6.45, 7) is 1.93. The summed E-state index contributed by atoms with van der Waals surface area (Å²) in [4.78, 5) is 24.1. The molecule has 132 valence electrons. The maximum absolute atomic E-state index is 12.2. The maximum Gasteiger partial charge on any atom is 0.361 e. The van der Waals surface area contributed by atoms with Crippen LogP contribution >= 0.6 is 11.6 Å². The summed E-state index contributed by atoms with van der Waals surface area (Å²) in [5.41, 5.74) is 1.30. The molecule has 3 aromatic rings. The van der Waals surface area contributed by atoms with Crippen LogP contribution in [0.5, 0.6) is 5.75 Å². The Morgan fingerprint density at radius 1 is 1.08 bits per heavy atom. The van der Waals surface area contributed by atoms with Crippen LogP contribution < -0.4 is 4.74 Å². The van der Waals surface area contributed by atoms with Gasteiger partial charge in [-0.15, -0.1) is 5.10 Å². The van der Waals surface area contributed by atoms with Gasteiger partial charge in [-0.2, -0.15) is 10.3 Å². The molecule has 0 saturated heterocycles. The van der Waals surface area contributed by atoms with Crippen LogP contribution in [0.25, 0.3) is 11.3 Å². The van der Waals surface area contributed by atoms with Crippen molar-refractivity contribution in [2.75, 3.05) is 6.61 Å². The zero-order valence-electron chi connectivity index (χ0n) is 13.7. The van der Waals surface area contributed by atoms with E-state index in [1.807, 2.05) is 0 Å². The highest BCUT2D eigenvalue weighted by molar-refractivity contribution is 6.30. The van der Waals surface area contributed by atoms with Crippen LogP contribution in [0, 0.1) is 0 Å². The van der Waals surface area contributed by atoms with Crippen molar-refractivity contribution >= 4 is 23.5 Å². The zero-order chi connectivity index (χ0) is 18.5. The summed E-state index contributed by atoms with van der Waals surface area (Å²) in [6.07, 6.45) is 0. The molecule has 1 aromatic heterocycles. The fourth-order valence-electron chi connectivity index (χ4n) is 2.23. The number of hydrogen-bond donors (Lipinski definition) is 1. The van der Waals surface area contributed by atoms with Crippen LogP contribution in [-0.4, -0.2) is 34.0 Å². The maximum atomic E-state index is 12.2. The Kier molecular flexibility index (Phi) is 5.28. The molecule has 0 radical (unpaired) electrons. The van der Waals surface area contributed by atoms with Gasteiger partial charge < -0.3 is 9.47 Å². The normalized spacial score (nSPS) is 10.4. The van der Waals surface area contributed by atoms with Gasteiger partial charge in [-0.3, -0.25) is 0 Å². The first-order valence-corrected chi connectivity index (χ1v) is 8.12.